The molecule has 4 N–H and O–H groups in total. The van der Waals surface area contributed by atoms with E-state index < -0.39 is 53.8 Å². The van der Waals surface area contributed by atoms with Crippen LogP contribution in [0.4, 0.5) is 0 Å². The zero-order valence-electron chi connectivity index (χ0n) is 47.5. The van der Waals surface area contributed by atoms with Crippen LogP contribution < -0.4 is 21.3 Å². The van der Waals surface area contributed by atoms with Gasteiger partial charge in [0.05, 0.1) is 13.2 Å². The lowest BCUT2D eigenvalue weighted by Crippen LogP contribution is -2.58. The standard InChI is InChI=1S/C59H112N4O8/c1-10-13-16-19-22-25-28-31-34-37-42-70-55(65)41-40-50(59(69)71-43-38-35-32-29-26-23-20-17-14-11-2)61-57(67)52(45-48(6)7)63-58(68)53(46-49(8)9)62-56(66)51(44-47(4)5)60-54(64)39-36-33-30-27-24-21-18-15-12-3/h47-53H,10-46H2,1-9H3,(H,60,64)(H,61,67)(H,62,66)(H,63,68)/t50?,51-,52-,53-/m0/s1. The Bertz CT molecular complexity index is 1360. The highest BCUT2D eigenvalue weighted by atomic mass is 16.5. The van der Waals surface area contributed by atoms with Crippen molar-refractivity contribution >= 4 is 35.6 Å². The summed E-state index contributed by atoms with van der Waals surface area (Å²) < 4.78 is 11.3. The van der Waals surface area contributed by atoms with Crippen LogP contribution in [0.5, 0.6) is 0 Å². The van der Waals surface area contributed by atoms with E-state index in [2.05, 4.69) is 42.0 Å². The van der Waals surface area contributed by atoms with Crippen molar-refractivity contribution in [1.82, 2.24) is 21.3 Å². The summed E-state index contributed by atoms with van der Waals surface area (Å²) in [5, 5.41) is 11.6. The second kappa shape index (κ2) is 46.6. The molecule has 0 aliphatic carbocycles. The van der Waals surface area contributed by atoms with Crippen molar-refractivity contribution in [2.45, 2.75) is 311 Å². The van der Waals surface area contributed by atoms with Crippen molar-refractivity contribution < 1.29 is 38.2 Å². The van der Waals surface area contributed by atoms with Gasteiger partial charge in [0, 0.05) is 12.8 Å². The summed E-state index contributed by atoms with van der Waals surface area (Å²) in [4.78, 5) is 81.8. The molecule has 0 bridgehead atoms. The Morgan fingerprint density at radius 1 is 0.338 bits per heavy atom. The molecule has 0 spiro atoms. The van der Waals surface area contributed by atoms with Crippen LogP contribution in [0.1, 0.15) is 287 Å². The monoisotopic (exact) mass is 1000 g/mol. The number of nitrogens with one attached hydrogen (secondary N) is 4. The van der Waals surface area contributed by atoms with Gasteiger partial charge in [-0.25, -0.2) is 4.79 Å². The number of ether oxygens (including phenoxy) is 2. The summed E-state index contributed by atoms with van der Waals surface area (Å²) in [6, 6.07) is -3.94. The Hall–Kier alpha value is -3.18. The molecule has 0 rings (SSSR count). The van der Waals surface area contributed by atoms with Crippen molar-refractivity contribution in [1.29, 1.82) is 0 Å². The van der Waals surface area contributed by atoms with Crippen LogP contribution in [-0.2, 0) is 38.2 Å². The van der Waals surface area contributed by atoms with Crippen molar-refractivity contribution in [3.05, 3.63) is 0 Å². The van der Waals surface area contributed by atoms with Gasteiger partial charge >= 0.3 is 11.9 Å². The fourth-order valence-electron chi connectivity index (χ4n) is 9.01. The normalized spacial score (nSPS) is 13.2. The highest BCUT2D eigenvalue weighted by molar-refractivity contribution is 5.95. The Balaban J connectivity index is 5.73. The highest BCUT2D eigenvalue weighted by Gasteiger charge is 2.33. The first-order valence-electron chi connectivity index (χ1n) is 29.7. The molecule has 0 saturated carbocycles. The number of carbonyl (C=O) groups is 6. The molecule has 0 fully saturated rings. The van der Waals surface area contributed by atoms with Gasteiger partial charge in [-0.3, -0.25) is 24.0 Å². The Kier molecular flexibility index (Phi) is 44.5. The molecule has 12 heteroatoms. The lowest BCUT2D eigenvalue weighted by molar-refractivity contribution is -0.149. The van der Waals surface area contributed by atoms with E-state index in [1.54, 1.807) is 0 Å². The third-order valence-electron chi connectivity index (χ3n) is 13.3. The molecule has 4 amide bonds. The number of unbranched alkanes of at least 4 members (excludes halogenated alkanes) is 26. The summed E-state index contributed by atoms with van der Waals surface area (Å²) in [5.74, 6) is -2.63. The molecule has 0 heterocycles. The Labute approximate surface area is 435 Å². The van der Waals surface area contributed by atoms with Crippen LogP contribution >= 0.6 is 0 Å². The Morgan fingerprint density at radius 2 is 0.634 bits per heavy atom. The molecule has 71 heavy (non-hydrogen) atoms. The number of carbonyl (C=O) groups excluding carboxylic acids is 6. The molecular formula is C59H112N4O8. The van der Waals surface area contributed by atoms with Crippen molar-refractivity contribution in [2.24, 2.45) is 17.8 Å². The lowest BCUT2D eigenvalue weighted by atomic mass is 9.98. The lowest BCUT2D eigenvalue weighted by Gasteiger charge is -2.28. The van der Waals surface area contributed by atoms with E-state index >= 15 is 0 Å². The first-order valence-corrected chi connectivity index (χ1v) is 29.7. The van der Waals surface area contributed by atoms with Crippen LogP contribution in [0.2, 0.25) is 0 Å². The second-order valence-electron chi connectivity index (χ2n) is 22.1. The van der Waals surface area contributed by atoms with Gasteiger partial charge in [-0.1, -0.05) is 229 Å². The maximum atomic E-state index is 14.1. The molecule has 0 aromatic carbocycles. The van der Waals surface area contributed by atoms with Crippen LogP contribution in [0.3, 0.4) is 0 Å². The Morgan fingerprint density at radius 3 is 0.986 bits per heavy atom. The molecule has 0 radical (unpaired) electrons. The van der Waals surface area contributed by atoms with Gasteiger partial charge < -0.3 is 30.7 Å². The van der Waals surface area contributed by atoms with Gasteiger partial charge in [-0.15, -0.1) is 0 Å². The van der Waals surface area contributed by atoms with Gasteiger partial charge in [0.2, 0.25) is 23.6 Å². The molecule has 0 aromatic rings. The zero-order chi connectivity index (χ0) is 52.9. The zero-order valence-corrected chi connectivity index (χ0v) is 47.5. The number of esters is 2. The largest absolute Gasteiger partial charge is 0.466 e. The summed E-state index contributed by atoms with van der Waals surface area (Å²) >= 11 is 0. The smallest absolute Gasteiger partial charge is 0.328 e. The van der Waals surface area contributed by atoms with Crippen LogP contribution in [-0.4, -0.2) is 72.9 Å². The minimum atomic E-state index is -1.12. The molecule has 0 aromatic heterocycles. The first-order chi connectivity index (χ1) is 34.1. The average Bonchev–Trinajstić information content (AvgIpc) is 3.31. The van der Waals surface area contributed by atoms with Gasteiger partial charge in [-0.05, 0) is 62.7 Å². The summed E-state index contributed by atoms with van der Waals surface area (Å²) in [5.41, 5.74) is 0. The van der Waals surface area contributed by atoms with E-state index in [0.717, 1.165) is 57.8 Å². The number of amides is 4. The molecule has 416 valence electrons. The molecular weight excluding hydrogens is 893 g/mol. The third kappa shape index (κ3) is 40.9. The van der Waals surface area contributed by atoms with Crippen molar-refractivity contribution in [2.75, 3.05) is 13.2 Å². The third-order valence-corrected chi connectivity index (χ3v) is 13.3. The summed E-state index contributed by atoms with van der Waals surface area (Å²) in [6.07, 6.45) is 34.7. The van der Waals surface area contributed by atoms with E-state index in [9.17, 15) is 28.8 Å². The van der Waals surface area contributed by atoms with Crippen LogP contribution in [0.15, 0.2) is 0 Å². The maximum Gasteiger partial charge on any atom is 0.328 e. The fourth-order valence-corrected chi connectivity index (χ4v) is 9.01. The van der Waals surface area contributed by atoms with E-state index in [1.165, 1.54) is 122 Å². The van der Waals surface area contributed by atoms with Crippen molar-refractivity contribution in [3.8, 4) is 0 Å². The van der Waals surface area contributed by atoms with Crippen LogP contribution in [0.25, 0.3) is 0 Å². The van der Waals surface area contributed by atoms with Gasteiger partial charge in [-0.2, -0.15) is 0 Å². The van der Waals surface area contributed by atoms with Gasteiger partial charge in [0.15, 0.2) is 0 Å². The molecule has 0 aliphatic rings. The first kappa shape index (κ1) is 67.8. The second-order valence-corrected chi connectivity index (χ2v) is 22.1. The minimum absolute atomic E-state index is 0.00404. The molecule has 1 unspecified atom stereocenters. The van der Waals surface area contributed by atoms with Gasteiger partial charge in [0.1, 0.15) is 24.2 Å². The van der Waals surface area contributed by atoms with Gasteiger partial charge in [0.25, 0.3) is 0 Å². The maximum absolute atomic E-state index is 14.1. The predicted molar refractivity (Wildman–Crippen MR) is 293 cm³/mol. The van der Waals surface area contributed by atoms with E-state index in [-0.39, 0.29) is 49.5 Å². The minimum Gasteiger partial charge on any atom is -0.466 e. The highest BCUT2D eigenvalue weighted by Crippen LogP contribution is 2.16. The number of hydrogen-bond acceptors (Lipinski definition) is 8. The number of rotatable bonds is 49. The predicted octanol–water partition coefficient (Wildman–Crippen LogP) is 13.7. The summed E-state index contributed by atoms with van der Waals surface area (Å²) in [7, 11) is 0. The fraction of sp³-hybridized carbons (Fsp3) is 0.898. The van der Waals surface area contributed by atoms with Crippen LogP contribution in [0, 0.1) is 17.8 Å². The number of hydrogen-bond donors (Lipinski definition) is 4. The topological polar surface area (TPSA) is 169 Å². The van der Waals surface area contributed by atoms with E-state index in [4.69, 9.17) is 9.47 Å². The molecule has 0 saturated heterocycles. The quantitative estimate of drug-likeness (QED) is 0.0345. The summed E-state index contributed by atoms with van der Waals surface area (Å²) in [6.45, 7) is 19.0. The molecule has 4 atom stereocenters. The van der Waals surface area contributed by atoms with E-state index in [1.807, 2.05) is 41.5 Å². The van der Waals surface area contributed by atoms with E-state index in [0.29, 0.717) is 32.3 Å². The molecule has 12 nitrogen and oxygen atoms in total. The SMILES string of the molecule is CCCCCCCCCCCCOC(=O)CCC(NC(=O)[C@H](CC(C)C)NC(=O)[C@H](CC(C)C)NC(=O)[C@H](CC(C)C)NC(=O)CCCCCCCCCCC)C(=O)OCCCCCCCCCCCC. The molecule has 0 aliphatic heterocycles. The van der Waals surface area contributed by atoms with Crippen molar-refractivity contribution in [3.63, 3.8) is 0 Å². The average molecular weight is 1010 g/mol.